The minimum Gasteiger partial charge on any atom is -0.396 e. The molecule has 0 unspecified atom stereocenters. The number of halogens is 1. The van der Waals surface area contributed by atoms with Crippen LogP contribution < -0.4 is 5.73 Å². The van der Waals surface area contributed by atoms with Gasteiger partial charge in [-0.25, -0.2) is 14.1 Å². The van der Waals surface area contributed by atoms with Crippen molar-refractivity contribution in [1.82, 2.24) is 14.8 Å². The third-order valence-electron chi connectivity index (χ3n) is 2.69. The fourth-order valence-electron chi connectivity index (χ4n) is 1.64. The molecule has 2 aromatic rings. The van der Waals surface area contributed by atoms with Crippen LogP contribution in [0.25, 0.3) is 11.4 Å². The van der Waals surface area contributed by atoms with E-state index in [2.05, 4.69) is 10.1 Å². The summed E-state index contributed by atoms with van der Waals surface area (Å²) in [7, 11) is 1.82. The van der Waals surface area contributed by atoms with Crippen molar-refractivity contribution < 1.29 is 4.39 Å². The molecule has 0 saturated heterocycles. The van der Waals surface area contributed by atoms with Crippen LogP contribution in [0.15, 0.2) is 18.2 Å². The highest BCUT2D eigenvalue weighted by Crippen LogP contribution is 2.25. The van der Waals surface area contributed by atoms with E-state index in [0.717, 1.165) is 11.4 Å². The van der Waals surface area contributed by atoms with Crippen molar-refractivity contribution in [3.63, 3.8) is 0 Å². The molecule has 5 heteroatoms. The number of aryl methyl sites for hydroxylation is 1. The molecule has 0 aliphatic heterocycles. The lowest BCUT2D eigenvalue weighted by Gasteiger charge is -2.12. The first kappa shape index (κ1) is 12.5. The number of rotatable bonds is 1. The molecule has 1 heterocycles. The van der Waals surface area contributed by atoms with Gasteiger partial charge in [-0.1, -0.05) is 20.8 Å². The highest BCUT2D eigenvalue weighted by Gasteiger charge is 2.21. The molecule has 0 fully saturated rings. The van der Waals surface area contributed by atoms with E-state index in [1.54, 1.807) is 16.8 Å². The number of hydrogen-bond acceptors (Lipinski definition) is 3. The molecule has 2 rings (SSSR count). The number of aromatic nitrogens is 3. The van der Waals surface area contributed by atoms with Crippen LogP contribution in [0, 0.1) is 5.82 Å². The number of hydrogen-bond donors (Lipinski definition) is 1. The quantitative estimate of drug-likeness (QED) is 0.789. The average Bonchev–Trinajstić information content (AvgIpc) is 2.64. The van der Waals surface area contributed by atoms with Crippen molar-refractivity contribution in [2.45, 2.75) is 26.2 Å². The van der Waals surface area contributed by atoms with Crippen LogP contribution in [0.4, 0.5) is 10.1 Å². The van der Waals surface area contributed by atoms with Gasteiger partial charge < -0.3 is 5.73 Å². The maximum atomic E-state index is 13.1. The molecular weight excluding hydrogens is 231 g/mol. The summed E-state index contributed by atoms with van der Waals surface area (Å²) in [6.07, 6.45) is 0. The first-order valence-electron chi connectivity index (χ1n) is 5.76. The van der Waals surface area contributed by atoms with Gasteiger partial charge in [0.25, 0.3) is 0 Å². The van der Waals surface area contributed by atoms with Crippen LogP contribution in [0.5, 0.6) is 0 Å². The molecule has 0 bridgehead atoms. The molecule has 0 aliphatic rings. The Morgan fingerprint density at radius 1 is 1.28 bits per heavy atom. The van der Waals surface area contributed by atoms with Crippen LogP contribution >= 0.6 is 0 Å². The zero-order chi connectivity index (χ0) is 13.5. The Morgan fingerprint density at radius 3 is 2.44 bits per heavy atom. The standard InChI is InChI=1S/C13H17FN4/c1-13(2,3)12-16-11(18(4)17-12)8-5-6-9(14)10(15)7-8/h5-7H,15H2,1-4H3. The Kier molecular flexibility index (Phi) is 2.84. The van der Waals surface area contributed by atoms with Crippen molar-refractivity contribution in [2.75, 3.05) is 5.73 Å². The number of benzene rings is 1. The van der Waals surface area contributed by atoms with Gasteiger partial charge in [-0.05, 0) is 18.2 Å². The first-order chi connectivity index (χ1) is 8.29. The van der Waals surface area contributed by atoms with Crippen LogP contribution in [0.1, 0.15) is 26.6 Å². The van der Waals surface area contributed by atoms with Crippen LogP contribution in [-0.4, -0.2) is 14.8 Å². The van der Waals surface area contributed by atoms with E-state index in [4.69, 9.17) is 5.73 Å². The molecule has 0 amide bonds. The summed E-state index contributed by atoms with van der Waals surface area (Å²) in [4.78, 5) is 4.50. The molecule has 0 saturated carbocycles. The second-order valence-electron chi connectivity index (χ2n) is 5.37. The number of anilines is 1. The normalized spacial score (nSPS) is 11.8. The third kappa shape index (κ3) is 2.20. The Morgan fingerprint density at radius 2 is 1.94 bits per heavy atom. The molecule has 4 nitrogen and oxygen atoms in total. The minimum absolute atomic E-state index is 0.118. The van der Waals surface area contributed by atoms with Gasteiger partial charge in [0, 0.05) is 18.0 Å². The summed E-state index contributed by atoms with van der Waals surface area (Å²) < 4.78 is 14.8. The summed E-state index contributed by atoms with van der Waals surface area (Å²) >= 11 is 0. The van der Waals surface area contributed by atoms with E-state index in [0.29, 0.717) is 5.82 Å². The Bertz CT molecular complexity index is 581. The molecule has 1 aromatic carbocycles. The van der Waals surface area contributed by atoms with Gasteiger partial charge in [0.1, 0.15) is 5.82 Å². The van der Waals surface area contributed by atoms with Gasteiger partial charge in [-0.3, -0.25) is 0 Å². The summed E-state index contributed by atoms with van der Waals surface area (Å²) in [6.45, 7) is 6.14. The Hall–Kier alpha value is -1.91. The highest BCUT2D eigenvalue weighted by molar-refractivity contribution is 5.61. The zero-order valence-electron chi connectivity index (χ0n) is 11.0. The van der Waals surface area contributed by atoms with Gasteiger partial charge in [0.2, 0.25) is 0 Å². The van der Waals surface area contributed by atoms with Crippen LogP contribution in [0.3, 0.4) is 0 Å². The lowest BCUT2D eigenvalue weighted by atomic mass is 9.96. The monoisotopic (exact) mass is 248 g/mol. The predicted octanol–water partition coefficient (Wildman–Crippen LogP) is 2.50. The fourth-order valence-corrected chi connectivity index (χ4v) is 1.64. The minimum atomic E-state index is -0.419. The maximum Gasteiger partial charge on any atom is 0.158 e. The van der Waals surface area contributed by atoms with E-state index < -0.39 is 5.82 Å². The van der Waals surface area contributed by atoms with Gasteiger partial charge in [0.05, 0.1) is 5.69 Å². The van der Waals surface area contributed by atoms with Gasteiger partial charge in [-0.2, -0.15) is 5.10 Å². The molecule has 0 atom stereocenters. The van der Waals surface area contributed by atoms with E-state index >= 15 is 0 Å². The second kappa shape index (κ2) is 4.08. The molecule has 1 aromatic heterocycles. The summed E-state index contributed by atoms with van der Waals surface area (Å²) in [6, 6.07) is 4.57. The van der Waals surface area contributed by atoms with E-state index in [1.807, 2.05) is 27.8 Å². The highest BCUT2D eigenvalue weighted by atomic mass is 19.1. The predicted molar refractivity (Wildman–Crippen MR) is 69.5 cm³/mol. The van der Waals surface area contributed by atoms with Crippen molar-refractivity contribution in [3.8, 4) is 11.4 Å². The maximum absolute atomic E-state index is 13.1. The molecule has 96 valence electrons. The number of nitrogens with zero attached hydrogens (tertiary/aromatic N) is 3. The number of nitrogen functional groups attached to an aromatic ring is 1. The van der Waals surface area contributed by atoms with Crippen molar-refractivity contribution in [2.24, 2.45) is 7.05 Å². The van der Waals surface area contributed by atoms with Crippen molar-refractivity contribution in [3.05, 3.63) is 29.8 Å². The second-order valence-corrected chi connectivity index (χ2v) is 5.37. The van der Waals surface area contributed by atoms with E-state index in [1.165, 1.54) is 6.07 Å². The lowest BCUT2D eigenvalue weighted by molar-refractivity contribution is 0.538. The van der Waals surface area contributed by atoms with Gasteiger partial charge >= 0.3 is 0 Å². The van der Waals surface area contributed by atoms with Crippen LogP contribution in [0.2, 0.25) is 0 Å². The molecule has 18 heavy (non-hydrogen) atoms. The molecule has 0 aliphatic carbocycles. The largest absolute Gasteiger partial charge is 0.396 e. The summed E-state index contributed by atoms with van der Waals surface area (Å²) in [5.74, 6) is 1.02. The van der Waals surface area contributed by atoms with Gasteiger partial charge in [0.15, 0.2) is 11.6 Å². The van der Waals surface area contributed by atoms with Crippen molar-refractivity contribution >= 4 is 5.69 Å². The van der Waals surface area contributed by atoms with E-state index in [9.17, 15) is 4.39 Å². The zero-order valence-corrected chi connectivity index (χ0v) is 11.0. The van der Waals surface area contributed by atoms with Gasteiger partial charge in [-0.15, -0.1) is 0 Å². The lowest BCUT2D eigenvalue weighted by Crippen LogP contribution is -2.13. The molecular formula is C13H17FN4. The summed E-state index contributed by atoms with van der Waals surface area (Å²) in [5, 5.41) is 4.38. The van der Waals surface area contributed by atoms with Crippen LogP contribution in [-0.2, 0) is 12.5 Å². The Balaban J connectivity index is 2.51. The van der Waals surface area contributed by atoms with Crippen molar-refractivity contribution in [1.29, 1.82) is 0 Å². The summed E-state index contributed by atoms with van der Waals surface area (Å²) in [5.41, 5.74) is 6.33. The number of nitrogens with two attached hydrogens (primary N) is 1. The van der Waals surface area contributed by atoms with E-state index in [-0.39, 0.29) is 11.1 Å². The molecule has 0 radical (unpaired) electrons. The molecule has 2 N–H and O–H groups in total. The fraction of sp³-hybridized carbons (Fsp3) is 0.385. The smallest absolute Gasteiger partial charge is 0.158 e. The first-order valence-corrected chi connectivity index (χ1v) is 5.76. The molecule has 0 spiro atoms. The third-order valence-corrected chi connectivity index (χ3v) is 2.69. The average molecular weight is 248 g/mol. The topological polar surface area (TPSA) is 56.7 Å². The SMILES string of the molecule is Cn1nc(C(C)(C)C)nc1-c1ccc(F)c(N)c1. The Labute approximate surface area is 106 Å².